The summed E-state index contributed by atoms with van der Waals surface area (Å²) < 4.78 is 6.14. The predicted molar refractivity (Wildman–Crippen MR) is 174 cm³/mol. The van der Waals surface area contributed by atoms with Crippen molar-refractivity contribution in [1.29, 1.82) is 0 Å². The molecule has 4 aliphatic rings. The molecule has 3 heteroatoms. The van der Waals surface area contributed by atoms with Gasteiger partial charge in [-0.25, -0.2) is 0 Å². The summed E-state index contributed by atoms with van der Waals surface area (Å²) in [4.78, 5) is 0. The largest absolute Gasteiger partial charge is 1.00 e. The molecule has 220 valence electrons. The Kier molecular flexibility index (Phi) is 8.34. The van der Waals surface area contributed by atoms with E-state index >= 15 is 0 Å². The predicted octanol–water partition coefficient (Wildman–Crippen LogP) is 4.18. The van der Waals surface area contributed by atoms with Gasteiger partial charge in [0.1, 0.15) is 0 Å². The molecule has 7 rings (SSSR count). The molecule has 1 unspecified atom stereocenters. The minimum absolute atomic E-state index is 0. The molecule has 4 aliphatic carbocycles. The third kappa shape index (κ3) is 5.33. The zero-order valence-electron chi connectivity index (χ0n) is 26.7. The van der Waals surface area contributed by atoms with E-state index in [0.29, 0.717) is 5.92 Å². The normalized spacial score (nSPS) is 19.8. The molecule has 0 nitrogen and oxygen atoms in total. The van der Waals surface area contributed by atoms with Gasteiger partial charge in [-0.15, -0.1) is 0 Å². The van der Waals surface area contributed by atoms with Crippen LogP contribution in [0.5, 0.6) is 0 Å². The molecule has 3 aromatic rings. The summed E-state index contributed by atoms with van der Waals surface area (Å²) in [7, 11) is 0. The van der Waals surface area contributed by atoms with E-state index in [-0.39, 0.29) is 41.1 Å². The zero-order chi connectivity index (χ0) is 28.9. The van der Waals surface area contributed by atoms with Gasteiger partial charge in [-0.1, -0.05) is 0 Å². The Bertz CT molecular complexity index is 1790. The second kappa shape index (κ2) is 11.1. The van der Waals surface area contributed by atoms with Crippen LogP contribution in [0.3, 0.4) is 0 Å². The van der Waals surface area contributed by atoms with Gasteiger partial charge in [0.2, 0.25) is 0 Å². The van der Waals surface area contributed by atoms with Crippen molar-refractivity contribution in [2.45, 2.75) is 72.6 Å². The van der Waals surface area contributed by atoms with E-state index in [4.69, 9.17) is 0 Å². The Hall–Kier alpha value is -2.05. The van der Waals surface area contributed by atoms with Crippen LogP contribution in [0.25, 0.3) is 23.3 Å². The first-order valence-corrected chi connectivity index (χ1v) is 19.2. The second-order valence-electron chi connectivity index (χ2n) is 14.8. The number of hydrogen-bond donors (Lipinski definition) is 0. The summed E-state index contributed by atoms with van der Waals surface area (Å²) in [6.07, 6.45) is 13.5. The van der Waals surface area contributed by atoms with E-state index in [1.54, 1.807) is 6.56 Å². The fraction of sp³-hybridized carbons (Fsp3) is 0.325. The first-order valence-electron chi connectivity index (χ1n) is 15.3. The topological polar surface area (TPSA) is 0 Å². The van der Waals surface area contributed by atoms with Gasteiger partial charge in [-0.2, -0.15) is 0 Å². The van der Waals surface area contributed by atoms with Crippen molar-refractivity contribution in [1.82, 2.24) is 0 Å². The van der Waals surface area contributed by atoms with Crippen LogP contribution in [0.1, 0.15) is 94.3 Å². The van der Waals surface area contributed by atoms with E-state index in [1.165, 1.54) is 55.6 Å². The van der Waals surface area contributed by atoms with E-state index in [2.05, 4.69) is 144 Å². The van der Waals surface area contributed by atoms with Gasteiger partial charge >= 0.3 is 256 Å². The summed E-state index contributed by atoms with van der Waals surface area (Å²) >= 11 is -2.41. The number of benzene rings is 3. The molecular weight excluding hydrogens is 643 g/mol. The summed E-state index contributed by atoms with van der Waals surface area (Å²) in [5, 5.41) is 0. The number of hydrogen-bond acceptors (Lipinski definition) is 0. The van der Waals surface area contributed by atoms with E-state index < -0.39 is 21.3 Å². The Labute approximate surface area is 279 Å². The third-order valence-electron chi connectivity index (χ3n) is 10.1. The minimum Gasteiger partial charge on any atom is -1.00 e. The van der Waals surface area contributed by atoms with Crippen molar-refractivity contribution in [2.75, 3.05) is 0 Å². The molecule has 0 radical (unpaired) electrons. The van der Waals surface area contributed by atoms with Gasteiger partial charge in [-0.05, 0) is 0 Å². The molecule has 43 heavy (non-hydrogen) atoms. The summed E-state index contributed by atoms with van der Waals surface area (Å²) in [6.45, 7) is 19.2. The molecule has 0 saturated carbocycles. The van der Waals surface area contributed by atoms with Crippen LogP contribution in [0.15, 0.2) is 85.0 Å². The minimum atomic E-state index is -2.41. The van der Waals surface area contributed by atoms with Crippen molar-refractivity contribution >= 4 is 15.9 Å². The van der Waals surface area contributed by atoms with Gasteiger partial charge in [-0.3, -0.25) is 0 Å². The van der Waals surface area contributed by atoms with Gasteiger partial charge in [0.05, 0.1) is 0 Å². The Morgan fingerprint density at radius 2 is 1.44 bits per heavy atom. The first-order chi connectivity index (χ1) is 19.3. The Morgan fingerprint density at radius 3 is 2.07 bits per heavy atom. The summed E-state index contributed by atoms with van der Waals surface area (Å²) in [5.41, 5.74) is 15.0. The average molecular weight is 685 g/mol. The van der Waals surface area contributed by atoms with Crippen LogP contribution in [0, 0.1) is 11.3 Å². The smallest absolute Gasteiger partial charge is 1.00 e. The second-order valence-corrected chi connectivity index (χ2v) is 20.3. The standard InChI is InChI=1S/C23H21.C10H15.C7H6.2ClH.Zr/c1-22(2)7-5-14-10-18-16(12-20(14)22)9-17-13-21-15(11-19(17)18)6-8-23(21,3)4;1-8-5-6-9(7-8)10(2,3)4;1-7-5-3-2-4-6-7;;;/h5-7,10-13H,9H2,1-4H3;6-8H,1-4H3;1-6H;2*1H;/q;;;;;+2/p-2. The first kappa shape index (κ1) is 32.3. The molecule has 0 aromatic heterocycles. The van der Waals surface area contributed by atoms with Gasteiger partial charge < -0.3 is 24.8 Å². The Balaban J connectivity index is 0.00000184. The van der Waals surface area contributed by atoms with Gasteiger partial charge in [0.25, 0.3) is 0 Å². The molecule has 0 fully saturated rings. The SMILES string of the molecule is CC1C=C(C(C)(C)C)C=[C]1[Zr+2](=[CH]c1ccccc1)[C]1=Cc2cc3c(cc2C1(C)C)Cc1cc2c(cc1-3)C=CC2(C)C.[Cl-].[Cl-]. The molecule has 0 bridgehead atoms. The maximum atomic E-state index is 2.71. The van der Waals surface area contributed by atoms with Crippen LogP contribution >= 0.6 is 0 Å². The van der Waals surface area contributed by atoms with E-state index in [1.807, 2.05) is 0 Å². The molecular formula is C40H42Cl2Zr. The molecule has 3 aromatic carbocycles. The van der Waals surface area contributed by atoms with Crippen LogP contribution in [0.2, 0.25) is 0 Å². The molecule has 0 heterocycles. The quantitative estimate of drug-likeness (QED) is 0.304. The van der Waals surface area contributed by atoms with Crippen molar-refractivity contribution in [2.24, 2.45) is 11.3 Å². The molecule has 0 spiro atoms. The fourth-order valence-electron chi connectivity index (χ4n) is 7.49. The number of halogens is 2. The molecule has 1 atom stereocenters. The third-order valence-corrected chi connectivity index (χ3v) is 17.9. The molecule has 0 aliphatic heterocycles. The number of allylic oxidation sites excluding steroid dienone is 6. The monoisotopic (exact) mass is 682 g/mol. The van der Waals surface area contributed by atoms with Gasteiger partial charge in [0.15, 0.2) is 0 Å². The van der Waals surface area contributed by atoms with E-state index in [0.717, 1.165) is 6.42 Å². The number of rotatable bonds is 3. The van der Waals surface area contributed by atoms with Crippen molar-refractivity contribution in [3.63, 3.8) is 0 Å². The molecule has 0 N–H and O–H groups in total. The Morgan fingerprint density at radius 1 is 0.814 bits per heavy atom. The maximum absolute atomic E-state index is 2.71. The van der Waals surface area contributed by atoms with Crippen molar-refractivity contribution in [3.05, 3.63) is 124 Å². The van der Waals surface area contributed by atoms with Crippen LogP contribution in [-0.4, -0.2) is 3.71 Å². The average Bonchev–Trinajstić information content (AvgIpc) is 3.62. The van der Waals surface area contributed by atoms with E-state index in [9.17, 15) is 0 Å². The van der Waals surface area contributed by atoms with Gasteiger partial charge in [0, 0.05) is 0 Å². The fourth-order valence-corrected chi connectivity index (χ4v) is 15.3. The molecule has 0 amide bonds. The van der Waals surface area contributed by atoms with Crippen molar-refractivity contribution < 1.29 is 46.1 Å². The van der Waals surface area contributed by atoms with Crippen LogP contribution in [-0.2, 0) is 38.5 Å². The molecule has 0 saturated heterocycles. The van der Waals surface area contributed by atoms with Crippen molar-refractivity contribution in [3.8, 4) is 11.1 Å². The van der Waals surface area contributed by atoms with Crippen LogP contribution < -0.4 is 24.8 Å². The summed E-state index contributed by atoms with van der Waals surface area (Å²) in [5.74, 6) is 0.510. The number of fused-ring (bicyclic) bond motifs is 5. The summed E-state index contributed by atoms with van der Waals surface area (Å²) in [6, 6.07) is 21.2. The van der Waals surface area contributed by atoms with Crippen LogP contribution in [0.4, 0.5) is 0 Å². The zero-order valence-corrected chi connectivity index (χ0v) is 30.7. The maximum Gasteiger partial charge on any atom is -1.00 e.